The lowest BCUT2D eigenvalue weighted by Crippen LogP contribution is -2.19. The maximum atomic E-state index is 12.3. The third-order valence-corrected chi connectivity index (χ3v) is 5.62. The van der Waals surface area contributed by atoms with Gasteiger partial charge >= 0.3 is 0 Å². The van der Waals surface area contributed by atoms with Gasteiger partial charge in [0.25, 0.3) is 5.56 Å². The maximum absolute atomic E-state index is 12.3. The minimum atomic E-state index is -0.108. The number of methoxy groups -OCH3 is 1. The van der Waals surface area contributed by atoms with E-state index in [4.69, 9.17) is 4.74 Å². The summed E-state index contributed by atoms with van der Waals surface area (Å²) in [5.74, 6) is 0.743. The Hall–Kier alpha value is -2.70. The number of aromatic amines is 1. The fraction of sp³-hybridized carbons (Fsp3) is 0.0526. The molecule has 0 radical (unpaired) electrons. The van der Waals surface area contributed by atoms with E-state index in [1.165, 1.54) is 11.3 Å². The zero-order chi connectivity index (χ0) is 17.2. The third kappa shape index (κ3) is 3.26. The molecule has 0 saturated heterocycles. The zero-order valence-corrected chi connectivity index (χ0v) is 15.0. The number of thiazole rings is 2. The van der Waals surface area contributed by atoms with Crippen molar-refractivity contribution in [2.75, 3.05) is 7.11 Å². The third-order valence-electron chi connectivity index (χ3n) is 3.67. The summed E-state index contributed by atoms with van der Waals surface area (Å²) in [6.07, 6.45) is 3.76. The van der Waals surface area contributed by atoms with E-state index in [-0.39, 0.29) is 5.56 Å². The van der Waals surface area contributed by atoms with E-state index in [9.17, 15) is 4.79 Å². The molecule has 2 aromatic carbocycles. The first-order valence-corrected chi connectivity index (χ1v) is 9.27. The van der Waals surface area contributed by atoms with Crippen molar-refractivity contribution in [1.82, 2.24) is 9.97 Å². The Morgan fingerprint density at radius 1 is 1.04 bits per heavy atom. The van der Waals surface area contributed by atoms with Gasteiger partial charge in [-0.3, -0.25) is 4.79 Å². The van der Waals surface area contributed by atoms with Gasteiger partial charge in [0.2, 0.25) is 0 Å². The van der Waals surface area contributed by atoms with Gasteiger partial charge in [-0.1, -0.05) is 30.3 Å². The molecular formula is C19H14N2O2S2. The number of para-hydroxylation sites is 2. The van der Waals surface area contributed by atoms with Crippen LogP contribution in [0.25, 0.3) is 22.4 Å². The van der Waals surface area contributed by atoms with Crippen LogP contribution in [0.1, 0.15) is 10.6 Å². The quantitative estimate of drug-likeness (QED) is 0.607. The van der Waals surface area contributed by atoms with Gasteiger partial charge in [0.1, 0.15) is 10.8 Å². The molecule has 1 N–H and O–H groups in total. The molecule has 0 atom stereocenters. The molecule has 124 valence electrons. The Bertz CT molecular complexity index is 1180. The Morgan fingerprint density at radius 2 is 1.84 bits per heavy atom. The van der Waals surface area contributed by atoms with Crippen molar-refractivity contribution < 1.29 is 4.74 Å². The summed E-state index contributed by atoms with van der Waals surface area (Å²) in [5.41, 5.74) is 1.74. The summed E-state index contributed by atoms with van der Waals surface area (Å²) in [6.45, 7) is 0. The van der Waals surface area contributed by atoms with Crippen molar-refractivity contribution in [1.29, 1.82) is 0 Å². The summed E-state index contributed by atoms with van der Waals surface area (Å²) in [5, 5.41) is 0.877. The van der Waals surface area contributed by atoms with Gasteiger partial charge in [0.05, 0.1) is 26.5 Å². The molecule has 0 aliphatic carbocycles. The first-order chi connectivity index (χ1) is 12.2. The molecule has 0 saturated carbocycles. The van der Waals surface area contributed by atoms with Gasteiger partial charge in [0.15, 0.2) is 0 Å². The molecule has 4 nitrogen and oxygen atoms in total. The van der Waals surface area contributed by atoms with Crippen LogP contribution in [-0.4, -0.2) is 17.1 Å². The first kappa shape index (κ1) is 15.8. The monoisotopic (exact) mass is 366 g/mol. The number of nitrogens with zero attached hydrogens (tertiary/aromatic N) is 1. The number of ether oxygens (including phenoxy) is 1. The summed E-state index contributed by atoms with van der Waals surface area (Å²) < 4.78 is 7.89. The van der Waals surface area contributed by atoms with Gasteiger partial charge in [-0.05, 0) is 24.3 Å². The van der Waals surface area contributed by atoms with E-state index in [0.717, 1.165) is 31.2 Å². The molecule has 0 aliphatic heterocycles. The topological polar surface area (TPSA) is 55.0 Å². The number of nitrogens with one attached hydrogen (secondary N) is 1. The van der Waals surface area contributed by atoms with Crippen molar-refractivity contribution >= 4 is 45.0 Å². The van der Waals surface area contributed by atoms with E-state index in [1.54, 1.807) is 18.4 Å². The van der Waals surface area contributed by atoms with Gasteiger partial charge in [-0.25, -0.2) is 4.98 Å². The standard InChI is InChI=1S/C19H14N2O2S2/c1-23-14-8-4-2-6-12(14)10-16-19(22)21-18(25-16)11-17-20-13-7-3-5-9-15(13)24-17/h2-11H,1H3,(H,21,22)/b16-10-,18-11+. The normalized spacial score (nSPS) is 12.8. The van der Waals surface area contributed by atoms with Crippen LogP contribution in [0.2, 0.25) is 0 Å². The number of hydrogen-bond acceptors (Lipinski definition) is 5. The van der Waals surface area contributed by atoms with Crippen LogP contribution in [-0.2, 0) is 0 Å². The fourth-order valence-electron chi connectivity index (χ4n) is 2.52. The maximum Gasteiger partial charge on any atom is 0.266 e. The highest BCUT2D eigenvalue weighted by atomic mass is 32.1. The molecule has 6 heteroatoms. The second kappa shape index (κ2) is 6.66. The Kier molecular flexibility index (Phi) is 4.21. The molecule has 0 aliphatic rings. The van der Waals surface area contributed by atoms with Crippen LogP contribution in [0.4, 0.5) is 0 Å². The molecule has 0 bridgehead atoms. The van der Waals surface area contributed by atoms with Gasteiger partial charge in [0, 0.05) is 11.6 Å². The van der Waals surface area contributed by atoms with E-state index < -0.39 is 0 Å². The predicted octanol–water partition coefficient (Wildman–Crippen LogP) is 2.71. The van der Waals surface area contributed by atoms with Gasteiger partial charge in [-0.15, -0.1) is 22.7 Å². The Morgan fingerprint density at radius 3 is 2.68 bits per heavy atom. The first-order valence-electron chi connectivity index (χ1n) is 7.64. The Balaban J connectivity index is 1.80. The van der Waals surface area contributed by atoms with Gasteiger partial charge in [-0.2, -0.15) is 0 Å². The lowest BCUT2D eigenvalue weighted by Gasteiger charge is -2.02. The highest BCUT2D eigenvalue weighted by Gasteiger charge is 2.03. The number of hydrogen-bond donors (Lipinski definition) is 1. The molecular weight excluding hydrogens is 352 g/mol. The minimum absolute atomic E-state index is 0.108. The van der Waals surface area contributed by atoms with E-state index in [2.05, 4.69) is 9.97 Å². The van der Waals surface area contributed by atoms with E-state index >= 15 is 0 Å². The van der Waals surface area contributed by atoms with Crippen LogP contribution in [0.3, 0.4) is 0 Å². The van der Waals surface area contributed by atoms with Crippen molar-refractivity contribution in [3.8, 4) is 5.75 Å². The van der Waals surface area contributed by atoms with Crippen molar-refractivity contribution in [2.45, 2.75) is 0 Å². The predicted molar refractivity (Wildman–Crippen MR) is 104 cm³/mol. The van der Waals surface area contributed by atoms with Crippen LogP contribution >= 0.6 is 22.7 Å². The molecule has 0 amide bonds. The summed E-state index contributed by atoms with van der Waals surface area (Å²) in [4.78, 5) is 19.7. The lowest BCUT2D eigenvalue weighted by atomic mass is 10.2. The molecule has 4 aromatic rings. The molecule has 2 heterocycles. The number of H-pyrrole nitrogens is 1. The van der Waals surface area contributed by atoms with Gasteiger partial charge < -0.3 is 9.72 Å². The van der Waals surface area contributed by atoms with Crippen molar-refractivity contribution in [3.05, 3.63) is 78.7 Å². The average molecular weight is 366 g/mol. The summed E-state index contributed by atoms with van der Waals surface area (Å²) in [6, 6.07) is 15.6. The molecule has 0 spiro atoms. The highest BCUT2D eigenvalue weighted by molar-refractivity contribution is 7.19. The second-order valence-corrected chi connectivity index (χ2v) is 7.48. The van der Waals surface area contributed by atoms with Crippen LogP contribution in [0.5, 0.6) is 5.75 Å². The van der Waals surface area contributed by atoms with Crippen LogP contribution < -0.4 is 19.5 Å². The SMILES string of the molecule is COc1ccccc1/C=c1\s/c(=C/c2nc3ccccc3s2)[nH]c1=O. The highest BCUT2D eigenvalue weighted by Crippen LogP contribution is 2.21. The lowest BCUT2D eigenvalue weighted by molar-refractivity contribution is 0.414. The number of rotatable bonds is 3. The average Bonchev–Trinajstić information content (AvgIpc) is 3.18. The minimum Gasteiger partial charge on any atom is -0.496 e. The van der Waals surface area contributed by atoms with Crippen LogP contribution in [0, 0.1) is 0 Å². The molecule has 2 aromatic heterocycles. The Labute approximate surface area is 151 Å². The molecule has 0 unspecified atom stereocenters. The fourth-order valence-corrected chi connectivity index (χ4v) is 4.38. The summed E-state index contributed by atoms with van der Waals surface area (Å²) in [7, 11) is 1.62. The number of aromatic nitrogens is 2. The number of benzene rings is 2. The van der Waals surface area contributed by atoms with Crippen molar-refractivity contribution in [3.63, 3.8) is 0 Å². The largest absolute Gasteiger partial charge is 0.496 e. The smallest absolute Gasteiger partial charge is 0.266 e. The zero-order valence-electron chi connectivity index (χ0n) is 13.4. The van der Waals surface area contributed by atoms with Crippen molar-refractivity contribution in [2.24, 2.45) is 0 Å². The molecule has 0 fully saturated rings. The van der Waals surface area contributed by atoms with Crippen LogP contribution in [0.15, 0.2) is 53.3 Å². The summed E-state index contributed by atoms with van der Waals surface area (Å²) >= 11 is 3.02. The second-order valence-electron chi connectivity index (χ2n) is 5.34. The van der Waals surface area contributed by atoms with E-state index in [1.807, 2.05) is 60.7 Å². The molecule has 4 rings (SSSR count). The van der Waals surface area contributed by atoms with E-state index in [0.29, 0.717) is 4.53 Å². The number of fused-ring (bicyclic) bond motifs is 1. The molecule has 25 heavy (non-hydrogen) atoms.